The van der Waals surface area contributed by atoms with E-state index in [0.717, 1.165) is 63.5 Å². The van der Waals surface area contributed by atoms with Gasteiger partial charge in [0, 0.05) is 25.1 Å². The summed E-state index contributed by atoms with van der Waals surface area (Å²) >= 11 is 0. The largest absolute Gasteiger partial charge is 0.377 e. The first-order valence-electron chi connectivity index (χ1n) is 10.2. The molecule has 7 heteroatoms. The van der Waals surface area contributed by atoms with Gasteiger partial charge in [-0.15, -0.1) is 0 Å². The van der Waals surface area contributed by atoms with Gasteiger partial charge in [0.05, 0.1) is 13.2 Å². The first-order valence-corrected chi connectivity index (χ1v) is 10.2. The first-order chi connectivity index (χ1) is 14.1. The number of benzene rings is 1. The average Bonchev–Trinajstić information content (AvgIpc) is 3.20. The highest BCUT2D eigenvalue weighted by atomic mass is 19.1. The number of carbonyl (C=O) groups excluding carboxylic acids is 1. The molecule has 1 aromatic carbocycles. The van der Waals surface area contributed by atoms with Gasteiger partial charge in [0.1, 0.15) is 23.0 Å². The van der Waals surface area contributed by atoms with E-state index in [-0.39, 0.29) is 17.6 Å². The van der Waals surface area contributed by atoms with E-state index in [0.29, 0.717) is 11.4 Å². The quantitative estimate of drug-likeness (QED) is 0.760. The highest BCUT2D eigenvalue weighted by Crippen LogP contribution is 2.30. The van der Waals surface area contributed by atoms with Crippen LogP contribution in [0, 0.1) is 5.82 Å². The maximum Gasteiger partial charge on any atom is 0.269 e. The van der Waals surface area contributed by atoms with Crippen LogP contribution in [0.5, 0.6) is 0 Å². The van der Waals surface area contributed by atoms with Crippen LogP contribution in [-0.2, 0) is 4.74 Å². The van der Waals surface area contributed by atoms with Crippen LogP contribution in [0.15, 0.2) is 35.9 Å². The van der Waals surface area contributed by atoms with Crippen molar-refractivity contribution in [1.82, 2.24) is 20.2 Å². The molecule has 0 bridgehead atoms. The highest BCUT2D eigenvalue weighted by molar-refractivity contribution is 5.98. The molecule has 0 spiro atoms. The standard InChI is InChI=1S/C22H27FN4O2/c1-24-22(28)20-19(16-4-6-18(23)7-5-16)25-21(26-20)17-8-10-27(11-9-17)13-15-3-2-12-29-14-15/h3-7,17H,2,8-14H2,1H3,(H,24,28)(H,25,26). The third-order valence-corrected chi connectivity index (χ3v) is 5.68. The van der Waals surface area contributed by atoms with Gasteiger partial charge in [-0.05, 0) is 62.2 Å². The third kappa shape index (κ3) is 4.57. The molecule has 0 aliphatic carbocycles. The Morgan fingerprint density at radius 3 is 2.72 bits per heavy atom. The second kappa shape index (κ2) is 8.88. The minimum Gasteiger partial charge on any atom is -0.377 e. The number of amides is 1. The predicted octanol–water partition coefficient (Wildman–Crippen LogP) is 3.10. The van der Waals surface area contributed by atoms with Gasteiger partial charge in [0.25, 0.3) is 5.91 Å². The van der Waals surface area contributed by atoms with Crippen LogP contribution in [0.4, 0.5) is 4.39 Å². The van der Waals surface area contributed by atoms with Crippen LogP contribution < -0.4 is 5.32 Å². The number of aromatic nitrogens is 2. The van der Waals surface area contributed by atoms with Crippen LogP contribution in [-0.4, -0.2) is 60.7 Å². The molecule has 2 aromatic rings. The van der Waals surface area contributed by atoms with E-state index in [1.807, 2.05) is 0 Å². The van der Waals surface area contributed by atoms with Crippen molar-refractivity contribution in [3.63, 3.8) is 0 Å². The maximum atomic E-state index is 13.3. The lowest BCUT2D eigenvalue weighted by atomic mass is 9.95. The SMILES string of the molecule is CNC(=O)c1[nH]c(C2CCN(CC3=CCCOC3)CC2)nc1-c1ccc(F)cc1. The van der Waals surface area contributed by atoms with Gasteiger partial charge < -0.3 is 15.0 Å². The summed E-state index contributed by atoms with van der Waals surface area (Å²) in [5.74, 6) is 0.588. The summed E-state index contributed by atoms with van der Waals surface area (Å²) in [4.78, 5) is 22.8. The van der Waals surface area contributed by atoms with Crippen molar-refractivity contribution in [2.45, 2.75) is 25.2 Å². The molecule has 1 amide bonds. The molecular formula is C22H27FN4O2. The summed E-state index contributed by atoms with van der Waals surface area (Å²) in [6, 6.07) is 6.09. The van der Waals surface area contributed by atoms with Crippen molar-refractivity contribution in [2.24, 2.45) is 0 Å². The Bertz CT molecular complexity index is 883. The van der Waals surface area contributed by atoms with E-state index in [4.69, 9.17) is 9.72 Å². The lowest BCUT2D eigenvalue weighted by Gasteiger charge is -2.32. The summed E-state index contributed by atoms with van der Waals surface area (Å²) in [5, 5.41) is 2.66. The Morgan fingerprint density at radius 2 is 2.07 bits per heavy atom. The molecule has 0 saturated carbocycles. The smallest absolute Gasteiger partial charge is 0.269 e. The normalized spacial score (nSPS) is 18.5. The lowest BCUT2D eigenvalue weighted by Crippen LogP contribution is -2.35. The number of ether oxygens (including phenoxy) is 1. The number of H-pyrrole nitrogens is 1. The number of hydrogen-bond acceptors (Lipinski definition) is 4. The lowest BCUT2D eigenvalue weighted by molar-refractivity contribution is 0.0959. The number of nitrogens with zero attached hydrogens (tertiary/aromatic N) is 2. The van der Waals surface area contributed by atoms with E-state index in [9.17, 15) is 9.18 Å². The Kier molecular flexibility index (Phi) is 6.06. The van der Waals surface area contributed by atoms with Gasteiger partial charge in [-0.1, -0.05) is 6.08 Å². The van der Waals surface area contributed by atoms with Crippen molar-refractivity contribution in [2.75, 3.05) is 39.9 Å². The summed E-state index contributed by atoms with van der Waals surface area (Å²) < 4.78 is 18.8. The van der Waals surface area contributed by atoms with Crippen molar-refractivity contribution < 1.29 is 13.9 Å². The molecule has 0 atom stereocenters. The molecule has 1 aromatic heterocycles. The number of aromatic amines is 1. The number of likely N-dealkylation sites (tertiary alicyclic amines) is 1. The van der Waals surface area contributed by atoms with Crippen molar-refractivity contribution in [1.29, 1.82) is 0 Å². The molecule has 4 rings (SSSR count). The van der Waals surface area contributed by atoms with Crippen LogP contribution in [0.25, 0.3) is 11.3 Å². The maximum absolute atomic E-state index is 13.3. The van der Waals surface area contributed by atoms with E-state index in [1.54, 1.807) is 19.2 Å². The topological polar surface area (TPSA) is 70.2 Å². The Hall–Kier alpha value is -2.51. The number of halogens is 1. The molecule has 0 unspecified atom stereocenters. The molecule has 1 fully saturated rings. The zero-order valence-corrected chi connectivity index (χ0v) is 16.7. The fourth-order valence-corrected chi connectivity index (χ4v) is 4.06. The van der Waals surface area contributed by atoms with E-state index in [2.05, 4.69) is 21.3 Å². The molecule has 1 saturated heterocycles. The number of carbonyl (C=O) groups is 1. The number of hydrogen-bond donors (Lipinski definition) is 2. The van der Waals surface area contributed by atoms with Crippen LogP contribution in [0.1, 0.15) is 41.5 Å². The Labute approximate surface area is 170 Å². The van der Waals surface area contributed by atoms with Gasteiger partial charge >= 0.3 is 0 Å². The number of nitrogens with one attached hydrogen (secondary N) is 2. The Balaban J connectivity index is 1.48. The molecule has 2 N–H and O–H groups in total. The molecule has 154 valence electrons. The summed E-state index contributed by atoms with van der Waals surface area (Å²) in [7, 11) is 1.60. The van der Waals surface area contributed by atoms with Crippen LogP contribution >= 0.6 is 0 Å². The zero-order chi connectivity index (χ0) is 20.2. The molecular weight excluding hydrogens is 371 g/mol. The van der Waals surface area contributed by atoms with Crippen LogP contribution in [0.3, 0.4) is 0 Å². The zero-order valence-electron chi connectivity index (χ0n) is 16.7. The van der Waals surface area contributed by atoms with Crippen molar-refractivity contribution >= 4 is 5.91 Å². The van der Waals surface area contributed by atoms with E-state index >= 15 is 0 Å². The molecule has 29 heavy (non-hydrogen) atoms. The molecule has 2 aliphatic heterocycles. The molecule has 3 heterocycles. The van der Waals surface area contributed by atoms with E-state index in [1.165, 1.54) is 17.7 Å². The monoisotopic (exact) mass is 398 g/mol. The predicted molar refractivity (Wildman–Crippen MR) is 109 cm³/mol. The van der Waals surface area contributed by atoms with Gasteiger partial charge in [0.2, 0.25) is 0 Å². The van der Waals surface area contributed by atoms with Gasteiger partial charge in [-0.3, -0.25) is 9.69 Å². The van der Waals surface area contributed by atoms with Crippen LogP contribution in [0.2, 0.25) is 0 Å². The summed E-state index contributed by atoms with van der Waals surface area (Å²) in [6.45, 7) is 4.52. The number of piperidine rings is 1. The summed E-state index contributed by atoms with van der Waals surface area (Å²) in [5.41, 5.74) is 3.11. The van der Waals surface area contributed by atoms with Gasteiger partial charge in [-0.25, -0.2) is 9.37 Å². The minimum absolute atomic E-state index is 0.218. The van der Waals surface area contributed by atoms with Crippen molar-refractivity contribution in [3.05, 3.63) is 53.3 Å². The number of rotatable bonds is 5. The second-order valence-electron chi connectivity index (χ2n) is 7.69. The average molecular weight is 398 g/mol. The molecule has 2 aliphatic rings. The summed E-state index contributed by atoms with van der Waals surface area (Å²) in [6.07, 6.45) is 5.27. The molecule has 6 nitrogen and oxygen atoms in total. The fraction of sp³-hybridized carbons (Fsp3) is 0.455. The van der Waals surface area contributed by atoms with Gasteiger partial charge in [0.15, 0.2) is 0 Å². The third-order valence-electron chi connectivity index (χ3n) is 5.68. The fourth-order valence-electron chi connectivity index (χ4n) is 4.06. The second-order valence-corrected chi connectivity index (χ2v) is 7.69. The first kappa shape index (κ1) is 19.8. The van der Waals surface area contributed by atoms with Gasteiger partial charge in [-0.2, -0.15) is 0 Å². The molecule has 0 radical (unpaired) electrons. The highest BCUT2D eigenvalue weighted by Gasteiger charge is 2.26. The van der Waals surface area contributed by atoms with Crippen molar-refractivity contribution in [3.8, 4) is 11.3 Å². The number of imidazole rings is 1. The minimum atomic E-state index is -0.308. The van der Waals surface area contributed by atoms with E-state index < -0.39 is 0 Å². The Morgan fingerprint density at radius 1 is 1.31 bits per heavy atom.